The molecule has 0 saturated carbocycles. The van der Waals surface area contributed by atoms with Gasteiger partial charge in [-0.25, -0.2) is 0 Å². The number of furan rings is 1. The van der Waals surface area contributed by atoms with Crippen molar-refractivity contribution in [2.24, 2.45) is 0 Å². The molecule has 1 aromatic carbocycles. The number of halogens is 3. The van der Waals surface area contributed by atoms with Crippen molar-refractivity contribution < 1.29 is 26.8 Å². The molecule has 3 heterocycles. The number of amides is 1. The molecule has 1 aliphatic heterocycles. The van der Waals surface area contributed by atoms with E-state index < -0.39 is 12.1 Å². The molecule has 0 atom stereocenters. The fourth-order valence-corrected chi connectivity index (χ4v) is 3.09. The van der Waals surface area contributed by atoms with Crippen LogP contribution in [0.25, 0.3) is 11.0 Å². The highest BCUT2D eigenvalue weighted by Crippen LogP contribution is 2.33. The number of likely N-dealkylation sites (tertiary alicyclic amines) is 1. The van der Waals surface area contributed by atoms with Gasteiger partial charge in [-0.05, 0) is 25.0 Å². The Morgan fingerprint density at radius 1 is 1.12 bits per heavy atom. The molecule has 3 aromatic rings. The highest BCUT2D eigenvalue weighted by molar-refractivity contribution is 5.96. The summed E-state index contributed by atoms with van der Waals surface area (Å²) in [5.41, 5.74) is 0.635. The Bertz CT molecular complexity index is 906. The van der Waals surface area contributed by atoms with E-state index in [4.69, 9.17) is 8.83 Å². The maximum Gasteiger partial charge on any atom is 0.470 e. The maximum atomic E-state index is 12.6. The predicted molar refractivity (Wildman–Crippen MR) is 83.4 cm³/mol. The summed E-state index contributed by atoms with van der Waals surface area (Å²) in [5, 5.41) is 7.40. The van der Waals surface area contributed by atoms with E-state index in [9.17, 15) is 18.0 Å². The van der Waals surface area contributed by atoms with Gasteiger partial charge in [0.2, 0.25) is 5.89 Å². The molecule has 9 heteroatoms. The average molecular weight is 365 g/mol. The predicted octanol–water partition coefficient (Wildman–Crippen LogP) is 3.85. The van der Waals surface area contributed by atoms with Crippen molar-refractivity contribution in [3.8, 4) is 0 Å². The van der Waals surface area contributed by atoms with E-state index in [1.165, 1.54) is 0 Å². The van der Waals surface area contributed by atoms with Gasteiger partial charge in [0.05, 0.1) is 0 Å². The molecule has 0 radical (unpaired) electrons. The number of carbonyl (C=O) groups is 1. The molecule has 0 unspecified atom stereocenters. The zero-order valence-electron chi connectivity index (χ0n) is 13.5. The Morgan fingerprint density at radius 3 is 2.50 bits per heavy atom. The maximum absolute atomic E-state index is 12.6. The highest BCUT2D eigenvalue weighted by Gasteiger charge is 2.39. The monoisotopic (exact) mass is 365 g/mol. The largest absolute Gasteiger partial charge is 0.470 e. The third-order valence-electron chi connectivity index (χ3n) is 4.45. The van der Waals surface area contributed by atoms with Gasteiger partial charge in [0.1, 0.15) is 5.58 Å². The van der Waals surface area contributed by atoms with Crippen molar-refractivity contribution in [1.82, 2.24) is 15.1 Å². The highest BCUT2D eigenvalue weighted by atomic mass is 19.4. The summed E-state index contributed by atoms with van der Waals surface area (Å²) in [4.78, 5) is 14.2. The van der Waals surface area contributed by atoms with Crippen LogP contribution in [0.4, 0.5) is 13.2 Å². The minimum absolute atomic E-state index is 0.0341. The van der Waals surface area contributed by atoms with Crippen molar-refractivity contribution in [1.29, 1.82) is 0 Å². The lowest BCUT2D eigenvalue weighted by Crippen LogP contribution is -2.37. The molecule has 0 N–H and O–H groups in total. The molecule has 1 aliphatic rings. The molecule has 6 nitrogen and oxygen atoms in total. The van der Waals surface area contributed by atoms with Gasteiger partial charge < -0.3 is 13.7 Å². The van der Waals surface area contributed by atoms with Crippen LogP contribution in [-0.4, -0.2) is 34.1 Å². The first kappa shape index (κ1) is 16.6. The lowest BCUT2D eigenvalue weighted by molar-refractivity contribution is -0.157. The van der Waals surface area contributed by atoms with Crippen molar-refractivity contribution in [2.75, 3.05) is 13.1 Å². The Hall–Kier alpha value is -2.84. The van der Waals surface area contributed by atoms with E-state index >= 15 is 0 Å². The minimum atomic E-state index is -4.65. The minimum Gasteiger partial charge on any atom is -0.451 e. The number of para-hydroxylation sites is 1. The topological polar surface area (TPSA) is 72.4 Å². The number of piperidine rings is 1. The molecule has 1 fully saturated rings. The summed E-state index contributed by atoms with van der Waals surface area (Å²) in [7, 11) is 0. The Kier molecular flexibility index (Phi) is 3.93. The summed E-state index contributed by atoms with van der Waals surface area (Å²) < 4.78 is 48.0. The number of alkyl halides is 3. The summed E-state index contributed by atoms with van der Waals surface area (Å²) in [6, 6.07) is 9.02. The van der Waals surface area contributed by atoms with Crippen LogP contribution in [0.1, 0.15) is 41.1 Å². The van der Waals surface area contributed by atoms with Gasteiger partial charge in [0, 0.05) is 24.4 Å². The number of rotatable bonds is 2. The van der Waals surface area contributed by atoms with Crippen LogP contribution in [0.5, 0.6) is 0 Å². The van der Waals surface area contributed by atoms with Gasteiger partial charge in [-0.15, -0.1) is 10.2 Å². The van der Waals surface area contributed by atoms with Crippen LogP contribution >= 0.6 is 0 Å². The van der Waals surface area contributed by atoms with Crippen LogP contribution in [-0.2, 0) is 6.18 Å². The van der Waals surface area contributed by atoms with Crippen LogP contribution < -0.4 is 0 Å². The standard InChI is InChI=1S/C17H14F3N3O3/c18-17(19,20)16-22-21-14(26-16)10-5-7-23(8-6-10)15(24)13-9-11-3-1-2-4-12(11)25-13/h1-4,9-10H,5-8H2. The van der Waals surface area contributed by atoms with Crippen molar-refractivity contribution in [3.63, 3.8) is 0 Å². The van der Waals surface area contributed by atoms with E-state index in [1.54, 1.807) is 17.0 Å². The second-order valence-corrected chi connectivity index (χ2v) is 6.16. The summed E-state index contributed by atoms with van der Waals surface area (Å²) in [6.45, 7) is 0.758. The van der Waals surface area contributed by atoms with Crippen molar-refractivity contribution in [3.05, 3.63) is 47.9 Å². The fraction of sp³-hybridized carbons (Fsp3) is 0.353. The Balaban J connectivity index is 1.43. The van der Waals surface area contributed by atoms with Crippen LogP contribution in [0.3, 0.4) is 0 Å². The van der Waals surface area contributed by atoms with E-state index in [-0.39, 0.29) is 23.5 Å². The van der Waals surface area contributed by atoms with E-state index in [0.717, 1.165) is 5.39 Å². The van der Waals surface area contributed by atoms with Crippen LogP contribution in [0.2, 0.25) is 0 Å². The SMILES string of the molecule is O=C(c1cc2ccccc2o1)N1CCC(c2nnc(C(F)(F)F)o2)CC1. The number of fused-ring (bicyclic) bond motifs is 1. The molecule has 0 bridgehead atoms. The number of aromatic nitrogens is 2. The fourth-order valence-electron chi connectivity index (χ4n) is 3.09. The number of nitrogens with zero attached hydrogens (tertiary/aromatic N) is 3. The molecule has 2 aromatic heterocycles. The number of benzene rings is 1. The molecule has 0 spiro atoms. The Morgan fingerprint density at radius 2 is 1.85 bits per heavy atom. The summed E-state index contributed by atoms with van der Waals surface area (Å²) in [6.07, 6.45) is -3.75. The quantitative estimate of drug-likeness (QED) is 0.690. The Labute approximate surface area is 145 Å². The third-order valence-corrected chi connectivity index (χ3v) is 4.45. The van der Waals surface area contributed by atoms with Gasteiger partial charge >= 0.3 is 12.1 Å². The van der Waals surface area contributed by atoms with E-state index in [1.807, 2.05) is 18.2 Å². The summed E-state index contributed by atoms with van der Waals surface area (Å²) in [5.74, 6) is -1.65. The molecule has 0 aliphatic carbocycles. The smallest absolute Gasteiger partial charge is 0.451 e. The number of carbonyl (C=O) groups excluding carboxylic acids is 1. The normalized spacial score (nSPS) is 16.3. The number of hydrogen-bond acceptors (Lipinski definition) is 5. The van der Waals surface area contributed by atoms with Gasteiger partial charge in [-0.2, -0.15) is 13.2 Å². The second kappa shape index (κ2) is 6.15. The molecule has 1 amide bonds. The van der Waals surface area contributed by atoms with Gasteiger partial charge in [-0.1, -0.05) is 18.2 Å². The molecular weight excluding hydrogens is 351 g/mol. The van der Waals surface area contributed by atoms with Gasteiger partial charge in [0.25, 0.3) is 5.91 Å². The molecule has 136 valence electrons. The molecular formula is C17H14F3N3O3. The molecule has 26 heavy (non-hydrogen) atoms. The average Bonchev–Trinajstić information content (AvgIpc) is 3.28. The van der Waals surface area contributed by atoms with Crippen molar-refractivity contribution in [2.45, 2.75) is 24.9 Å². The van der Waals surface area contributed by atoms with Crippen LogP contribution in [0.15, 0.2) is 39.2 Å². The van der Waals surface area contributed by atoms with E-state index in [2.05, 4.69) is 10.2 Å². The number of hydrogen-bond donors (Lipinski definition) is 0. The van der Waals surface area contributed by atoms with Crippen molar-refractivity contribution >= 4 is 16.9 Å². The zero-order chi connectivity index (χ0) is 18.3. The second-order valence-electron chi connectivity index (χ2n) is 6.16. The molecule has 4 rings (SSSR count). The third kappa shape index (κ3) is 3.04. The van der Waals surface area contributed by atoms with Gasteiger partial charge in [-0.3, -0.25) is 4.79 Å². The molecule has 1 saturated heterocycles. The zero-order valence-corrected chi connectivity index (χ0v) is 13.5. The lowest BCUT2D eigenvalue weighted by Gasteiger charge is -2.29. The first-order chi connectivity index (χ1) is 12.4. The van der Waals surface area contributed by atoms with Crippen LogP contribution in [0, 0.1) is 0 Å². The summed E-state index contributed by atoms with van der Waals surface area (Å²) >= 11 is 0. The first-order valence-electron chi connectivity index (χ1n) is 8.10. The van der Waals surface area contributed by atoms with Gasteiger partial charge in [0.15, 0.2) is 5.76 Å². The first-order valence-corrected chi connectivity index (χ1v) is 8.10. The lowest BCUT2D eigenvalue weighted by atomic mass is 9.96. The van der Waals surface area contributed by atoms with E-state index in [0.29, 0.717) is 31.5 Å².